The maximum Gasteiger partial charge on any atom is 0.0897 e. The number of hydrogen-bond acceptors (Lipinski definition) is 4. The number of hydrogen-bond donors (Lipinski definition) is 1. The molecule has 84 valence electrons. The summed E-state index contributed by atoms with van der Waals surface area (Å²) in [6.07, 6.45) is 2.77. The van der Waals surface area contributed by atoms with Gasteiger partial charge in [-0.3, -0.25) is 0 Å². The summed E-state index contributed by atoms with van der Waals surface area (Å²) >= 11 is 3.83. The molecule has 1 aliphatic heterocycles. The highest BCUT2D eigenvalue weighted by atomic mass is 32.2. The number of thioether (sulfide) groups is 1. The standard InChI is InChI=1S/C11H18N2S2/c1-9-13-11(8-15-9)7-12-6-10-2-4-14-5-3-10/h8,10,12H,2-7H2,1H3. The molecule has 0 amide bonds. The molecule has 0 bridgehead atoms. The van der Waals surface area contributed by atoms with E-state index in [0.29, 0.717) is 0 Å². The van der Waals surface area contributed by atoms with E-state index in [4.69, 9.17) is 0 Å². The zero-order chi connectivity index (χ0) is 10.5. The lowest BCUT2D eigenvalue weighted by Gasteiger charge is -2.21. The van der Waals surface area contributed by atoms with Gasteiger partial charge in [0.1, 0.15) is 0 Å². The number of rotatable bonds is 4. The van der Waals surface area contributed by atoms with Crippen LogP contribution in [0.1, 0.15) is 23.5 Å². The summed E-state index contributed by atoms with van der Waals surface area (Å²) in [7, 11) is 0. The molecule has 1 N–H and O–H groups in total. The van der Waals surface area contributed by atoms with Crippen LogP contribution < -0.4 is 5.32 Å². The summed E-state index contributed by atoms with van der Waals surface area (Å²) in [6.45, 7) is 4.16. The predicted octanol–water partition coefficient (Wildman–Crippen LogP) is 2.68. The van der Waals surface area contributed by atoms with Crippen LogP contribution in [0.5, 0.6) is 0 Å². The van der Waals surface area contributed by atoms with Gasteiger partial charge in [-0.25, -0.2) is 4.98 Å². The zero-order valence-corrected chi connectivity index (χ0v) is 10.8. The van der Waals surface area contributed by atoms with Gasteiger partial charge in [0.15, 0.2) is 0 Å². The third-order valence-electron chi connectivity index (χ3n) is 2.75. The van der Waals surface area contributed by atoms with E-state index in [0.717, 1.165) is 19.0 Å². The van der Waals surface area contributed by atoms with Crippen molar-refractivity contribution in [1.29, 1.82) is 0 Å². The molecule has 0 aromatic carbocycles. The first-order valence-electron chi connectivity index (χ1n) is 5.54. The minimum atomic E-state index is 0.894. The average Bonchev–Trinajstić information content (AvgIpc) is 2.66. The summed E-state index contributed by atoms with van der Waals surface area (Å²) in [5, 5.41) is 6.84. The molecule has 15 heavy (non-hydrogen) atoms. The van der Waals surface area contributed by atoms with Crippen LogP contribution in [0.4, 0.5) is 0 Å². The number of nitrogens with zero attached hydrogens (tertiary/aromatic N) is 1. The second kappa shape index (κ2) is 5.87. The van der Waals surface area contributed by atoms with Gasteiger partial charge in [-0.1, -0.05) is 0 Å². The minimum absolute atomic E-state index is 0.894. The normalized spacial score (nSPS) is 18.2. The van der Waals surface area contributed by atoms with E-state index < -0.39 is 0 Å². The molecule has 2 nitrogen and oxygen atoms in total. The first-order chi connectivity index (χ1) is 7.34. The third kappa shape index (κ3) is 3.78. The lowest BCUT2D eigenvalue weighted by Crippen LogP contribution is -2.25. The first-order valence-corrected chi connectivity index (χ1v) is 7.57. The molecule has 0 aliphatic carbocycles. The second-order valence-corrected chi connectivity index (χ2v) is 6.33. The van der Waals surface area contributed by atoms with E-state index in [9.17, 15) is 0 Å². The Balaban J connectivity index is 1.65. The van der Waals surface area contributed by atoms with Gasteiger partial charge in [-0.2, -0.15) is 11.8 Å². The molecule has 1 aromatic rings. The molecule has 4 heteroatoms. The smallest absolute Gasteiger partial charge is 0.0897 e. The van der Waals surface area contributed by atoms with E-state index in [1.807, 2.05) is 0 Å². The van der Waals surface area contributed by atoms with E-state index in [-0.39, 0.29) is 0 Å². The lowest BCUT2D eigenvalue weighted by molar-refractivity contribution is 0.446. The Morgan fingerprint density at radius 3 is 2.93 bits per heavy atom. The van der Waals surface area contributed by atoms with Gasteiger partial charge in [-0.15, -0.1) is 11.3 Å². The van der Waals surface area contributed by atoms with Crippen LogP contribution in [0, 0.1) is 12.8 Å². The maximum atomic E-state index is 4.45. The highest BCUT2D eigenvalue weighted by Gasteiger charge is 2.12. The van der Waals surface area contributed by atoms with E-state index in [1.165, 1.54) is 35.0 Å². The van der Waals surface area contributed by atoms with Crippen molar-refractivity contribution in [2.45, 2.75) is 26.3 Å². The van der Waals surface area contributed by atoms with E-state index in [2.05, 4.69) is 34.4 Å². The Kier molecular flexibility index (Phi) is 4.47. The number of nitrogens with one attached hydrogen (secondary N) is 1. The zero-order valence-electron chi connectivity index (χ0n) is 9.16. The predicted molar refractivity (Wildman–Crippen MR) is 68.6 cm³/mol. The fourth-order valence-corrected chi connectivity index (χ4v) is 3.66. The van der Waals surface area contributed by atoms with Crippen LogP contribution in [0.2, 0.25) is 0 Å². The molecule has 1 aliphatic rings. The Bertz CT molecular complexity index is 293. The third-order valence-corrected chi connectivity index (χ3v) is 4.62. The molecule has 1 aromatic heterocycles. The first kappa shape index (κ1) is 11.4. The Labute approximate surface area is 99.9 Å². The Morgan fingerprint density at radius 2 is 2.27 bits per heavy atom. The van der Waals surface area contributed by atoms with Gasteiger partial charge >= 0.3 is 0 Å². The summed E-state index contributed by atoms with van der Waals surface area (Å²) in [6, 6.07) is 0. The van der Waals surface area contributed by atoms with Crippen molar-refractivity contribution in [3.63, 3.8) is 0 Å². The van der Waals surface area contributed by atoms with Crippen molar-refractivity contribution in [2.75, 3.05) is 18.1 Å². The Hall–Kier alpha value is -0.0600. The number of aryl methyl sites for hydroxylation is 1. The summed E-state index contributed by atoms with van der Waals surface area (Å²) < 4.78 is 0. The van der Waals surface area contributed by atoms with Crippen molar-refractivity contribution in [3.8, 4) is 0 Å². The van der Waals surface area contributed by atoms with Crippen LogP contribution in [0.3, 0.4) is 0 Å². The van der Waals surface area contributed by atoms with Gasteiger partial charge in [0, 0.05) is 11.9 Å². The monoisotopic (exact) mass is 242 g/mol. The van der Waals surface area contributed by atoms with E-state index >= 15 is 0 Å². The van der Waals surface area contributed by atoms with Crippen LogP contribution in [-0.4, -0.2) is 23.0 Å². The van der Waals surface area contributed by atoms with Gasteiger partial charge in [0.2, 0.25) is 0 Å². The van der Waals surface area contributed by atoms with Crippen LogP contribution >= 0.6 is 23.1 Å². The van der Waals surface area contributed by atoms with Crippen molar-refractivity contribution < 1.29 is 0 Å². The fraction of sp³-hybridized carbons (Fsp3) is 0.727. The summed E-state index contributed by atoms with van der Waals surface area (Å²) in [4.78, 5) is 4.45. The van der Waals surface area contributed by atoms with E-state index in [1.54, 1.807) is 11.3 Å². The molecule has 1 saturated heterocycles. The molecular weight excluding hydrogens is 224 g/mol. The molecule has 0 spiro atoms. The molecule has 0 unspecified atom stereocenters. The molecule has 1 fully saturated rings. The van der Waals surface area contributed by atoms with Crippen molar-refractivity contribution >= 4 is 23.1 Å². The van der Waals surface area contributed by atoms with Crippen molar-refractivity contribution in [3.05, 3.63) is 16.1 Å². The lowest BCUT2D eigenvalue weighted by atomic mass is 10.0. The van der Waals surface area contributed by atoms with Gasteiger partial charge in [-0.05, 0) is 43.7 Å². The molecule has 0 saturated carbocycles. The van der Waals surface area contributed by atoms with Crippen LogP contribution in [0.25, 0.3) is 0 Å². The molecule has 2 rings (SSSR count). The minimum Gasteiger partial charge on any atom is -0.311 e. The SMILES string of the molecule is Cc1nc(CNCC2CCSCC2)cs1. The van der Waals surface area contributed by atoms with Gasteiger partial charge in [0.25, 0.3) is 0 Å². The summed E-state index contributed by atoms with van der Waals surface area (Å²) in [5.74, 6) is 3.59. The topological polar surface area (TPSA) is 24.9 Å². The number of thiazole rings is 1. The highest BCUT2D eigenvalue weighted by Crippen LogP contribution is 2.21. The van der Waals surface area contributed by atoms with Gasteiger partial charge in [0.05, 0.1) is 10.7 Å². The quantitative estimate of drug-likeness (QED) is 0.879. The molecule has 0 radical (unpaired) electrons. The van der Waals surface area contributed by atoms with Gasteiger partial charge < -0.3 is 5.32 Å². The van der Waals surface area contributed by atoms with Crippen molar-refractivity contribution in [1.82, 2.24) is 10.3 Å². The maximum absolute atomic E-state index is 4.45. The molecule has 2 heterocycles. The number of aromatic nitrogens is 1. The van der Waals surface area contributed by atoms with Crippen molar-refractivity contribution in [2.24, 2.45) is 5.92 Å². The highest BCUT2D eigenvalue weighted by molar-refractivity contribution is 7.99. The fourth-order valence-electron chi connectivity index (χ4n) is 1.84. The molecule has 0 atom stereocenters. The summed E-state index contributed by atoms with van der Waals surface area (Å²) in [5.41, 5.74) is 1.20. The van der Waals surface area contributed by atoms with Crippen LogP contribution in [0.15, 0.2) is 5.38 Å². The average molecular weight is 242 g/mol. The van der Waals surface area contributed by atoms with Crippen LogP contribution in [-0.2, 0) is 6.54 Å². The Morgan fingerprint density at radius 1 is 1.47 bits per heavy atom. The second-order valence-electron chi connectivity index (χ2n) is 4.04. The molecular formula is C11H18N2S2. The largest absolute Gasteiger partial charge is 0.311 e.